The maximum atomic E-state index is 14.7. The number of carbonyl (C=O) groups is 1. The lowest BCUT2D eigenvalue weighted by Gasteiger charge is -2.43. The van der Waals surface area contributed by atoms with E-state index in [0.717, 1.165) is 36.3 Å². The minimum Gasteiger partial charge on any atom is -0.475 e. The number of anilines is 2. The number of likely N-dealkylation sites (N-methyl/N-ethyl adjacent to an activating group) is 1. The summed E-state index contributed by atoms with van der Waals surface area (Å²) in [6.45, 7) is 7.29. The molecular formula is C30H34FN7O2. The molecule has 3 aliphatic heterocycles. The first-order valence-corrected chi connectivity index (χ1v) is 13.8. The van der Waals surface area contributed by atoms with Crippen molar-refractivity contribution in [3.63, 3.8) is 0 Å². The summed E-state index contributed by atoms with van der Waals surface area (Å²) >= 11 is 0. The zero-order valence-electron chi connectivity index (χ0n) is 22.9. The fourth-order valence-corrected chi connectivity index (χ4v) is 6.11. The van der Waals surface area contributed by atoms with Gasteiger partial charge in [-0.15, -0.1) is 0 Å². The van der Waals surface area contributed by atoms with Crippen molar-refractivity contribution in [3.05, 3.63) is 59.6 Å². The Morgan fingerprint density at radius 2 is 2.02 bits per heavy atom. The number of halogens is 1. The van der Waals surface area contributed by atoms with Crippen LogP contribution in [0.1, 0.15) is 36.1 Å². The average molecular weight is 544 g/mol. The van der Waals surface area contributed by atoms with E-state index in [-0.39, 0.29) is 36.1 Å². The second-order valence-electron chi connectivity index (χ2n) is 10.6. The molecule has 0 bridgehead atoms. The number of hydrogen-bond donors (Lipinski definition) is 0. The summed E-state index contributed by atoms with van der Waals surface area (Å²) in [6.07, 6.45) is 4.14. The van der Waals surface area contributed by atoms with Crippen LogP contribution in [0, 0.1) is 28.5 Å². The van der Waals surface area contributed by atoms with Gasteiger partial charge < -0.3 is 24.3 Å². The smallest absolute Gasteiger partial charge is 0.246 e. The Balaban J connectivity index is 1.53. The number of benzene rings is 1. The van der Waals surface area contributed by atoms with Gasteiger partial charge in [-0.1, -0.05) is 18.7 Å². The quantitative estimate of drug-likeness (QED) is 0.491. The highest BCUT2D eigenvalue weighted by molar-refractivity contribution is 5.87. The highest BCUT2D eigenvalue weighted by atomic mass is 19.1. The number of fused-ring (bicyclic) bond motifs is 1. The highest BCUT2D eigenvalue weighted by Crippen LogP contribution is 2.39. The molecule has 0 radical (unpaired) electrons. The van der Waals surface area contributed by atoms with Gasteiger partial charge in [0.15, 0.2) is 0 Å². The fraction of sp³-hybridized carbons (Fsp3) is 0.467. The number of para-hydroxylation sites is 1. The van der Waals surface area contributed by atoms with E-state index in [4.69, 9.17) is 9.72 Å². The lowest BCUT2D eigenvalue weighted by Crippen LogP contribution is -2.55. The first kappa shape index (κ1) is 27.4. The Labute approximate surface area is 234 Å². The number of hydrogen-bond acceptors (Lipinski definition) is 8. The Bertz CT molecular complexity index is 1370. The number of rotatable bonds is 7. The van der Waals surface area contributed by atoms with Gasteiger partial charge in [0.1, 0.15) is 24.1 Å². The number of ether oxygens (including phenoxy) is 1. The van der Waals surface area contributed by atoms with Crippen molar-refractivity contribution in [1.82, 2.24) is 14.8 Å². The summed E-state index contributed by atoms with van der Waals surface area (Å²) in [7, 11) is 2.07. The van der Waals surface area contributed by atoms with Gasteiger partial charge in [-0.25, -0.2) is 9.37 Å². The maximum absolute atomic E-state index is 14.7. The Morgan fingerprint density at radius 1 is 1.20 bits per heavy atom. The van der Waals surface area contributed by atoms with E-state index in [1.54, 1.807) is 17.0 Å². The molecular weight excluding hydrogens is 509 g/mol. The zero-order chi connectivity index (χ0) is 28.2. The van der Waals surface area contributed by atoms with Crippen LogP contribution >= 0.6 is 0 Å². The first-order chi connectivity index (χ1) is 19.4. The predicted molar refractivity (Wildman–Crippen MR) is 149 cm³/mol. The largest absolute Gasteiger partial charge is 0.475 e. The third-order valence-electron chi connectivity index (χ3n) is 8.27. The van der Waals surface area contributed by atoms with Crippen molar-refractivity contribution < 1.29 is 13.9 Å². The van der Waals surface area contributed by atoms with Crippen LogP contribution < -0.4 is 14.5 Å². The molecule has 9 nitrogen and oxygen atoms in total. The van der Waals surface area contributed by atoms with Crippen LogP contribution in [0.2, 0.25) is 0 Å². The normalized spacial score (nSPS) is 20.9. The molecule has 10 heteroatoms. The van der Waals surface area contributed by atoms with Crippen LogP contribution in [-0.4, -0.2) is 79.2 Å². The number of pyridine rings is 1. The molecule has 1 aromatic heterocycles. The minimum absolute atomic E-state index is 0.170. The van der Waals surface area contributed by atoms with E-state index in [0.29, 0.717) is 57.0 Å². The number of piperazine rings is 1. The Hall–Kier alpha value is -4.15. The number of nitrogens with zero attached hydrogens (tertiary/aromatic N) is 7. The molecule has 2 aromatic rings. The van der Waals surface area contributed by atoms with E-state index in [1.165, 1.54) is 12.1 Å². The molecule has 1 unspecified atom stereocenters. The van der Waals surface area contributed by atoms with Gasteiger partial charge in [0.2, 0.25) is 11.8 Å². The van der Waals surface area contributed by atoms with Crippen molar-refractivity contribution in [2.24, 2.45) is 0 Å². The molecule has 0 spiro atoms. The molecule has 4 heterocycles. The van der Waals surface area contributed by atoms with E-state index in [1.807, 2.05) is 11.0 Å². The first-order valence-electron chi connectivity index (χ1n) is 13.8. The molecule has 3 aliphatic rings. The second kappa shape index (κ2) is 11.9. The standard InChI is InChI=1S/C30H34FN7O2/c1-3-28(39)38-16-15-37(18-21(38)10-12-32)29-23-11-14-36(27-9-5-4-8-25(27)31)19-26(23)34-30(24(29)17-33)40-20-22-7-6-13-35(22)2/h3-5,8-9,21-22H,1,6-7,10-11,13-16,18-20H2,2H3/t21?,22-/m0/s1. The third-order valence-corrected chi connectivity index (χ3v) is 8.27. The van der Waals surface area contributed by atoms with E-state index >= 15 is 0 Å². The molecule has 2 saturated heterocycles. The van der Waals surface area contributed by atoms with Gasteiger partial charge in [0, 0.05) is 37.8 Å². The monoisotopic (exact) mass is 543 g/mol. The summed E-state index contributed by atoms with van der Waals surface area (Å²) in [4.78, 5) is 25.4. The van der Waals surface area contributed by atoms with Gasteiger partial charge in [0.25, 0.3) is 0 Å². The molecule has 208 valence electrons. The van der Waals surface area contributed by atoms with Crippen molar-refractivity contribution in [2.75, 3.05) is 56.2 Å². The maximum Gasteiger partial charge on any atom is 0.246 e. The Morgan fingerprint density at radius 3 is 2.73 bits per heavy atom. The molecule has 2 fully saturated rings. The summed E-state index contributed by atoms with van der Waals surface area (Å²) in [6, 6.07) is 11.2. The molecule has 0 saturated carbocycles. The van der Waals surface area contributed by atoms with Gasteiger partial charge in [-0.2, -0.15) is 10.5 Å². The van der Waals surface area contributed by atoms with E-state index in [9.17, 15) is 19.7 Å². The number of aromatic nitrogens is 1. The van der Waals surface area contributed by atoms with Gasteiger partial charge >= 0.3 is 0 Å². The van der Waals surface area contributed by atoms with Crippen molar-refractivity contribution in [3.8, 4) is 18.0 Å². The summed E-state index contributed by atoms with van der Waals surface area (Å²) < 4.78 is 21.0. The van der Waals surface area contributed by atoms with E-state index < -0.39 is 0 Å². The van der Waals surface area contributed by atoms with Gasteiger partial charge in [-0.05, 0) is 51.1 Å². The number of amides is 1. The fourth-order valence-electron chi connectivity index (χ4n) is 6.11. The molecule has 1 amide bonds. The molecule has 0 N–H and O–H groups in total. The third kappa shape index (κ3) is 5.32. The van der Waals surface area contributed by atoms with Crippen LogP contribution in [0.15, 0.2) is 36.9 Å². The van der Waals surface area contributed by atoms with Crippen LogP contribution in [0.5, 0.6) is 5.88 Å². The molecule has 5 rings (SSSR count). The highest BCUT2D eigenvalue weighted by Gasteiger charge is 2.35. The van der Waals surface area contributed by atoms with E-state index in [2.05, 4.69) is 35.6 Å². The molecule has 2 atom stereocenters. The van der Waals surface area contributed by atoms with Crippen LogP contribution in [0.4, 0.5) is 15.8 Å². The number of likely N-dealkylation sites (tertiary alicyclic amines) is 1. The molecule has 40 heavy (non-hydrogen) atoms. The Kier molecular flexibility index (Phi) is 8.18. The second-order valence-corrected chi connectivity index (χ2v) is 10.6. The lowest BCUT2D eigenvalue weighted by molar-refractivity contribution is -0.128. The predicted octanol–water partition coefficient (Wildman–Crippen LogP) is 3.24. The summed E-state index contributed by atoms with van der Waals surface area (Å²) in [5.41, 5.74) is 3.33. The van der Waals surface area contributed by atoms with Crippen molar-refractivity contribution in [2.45, 2.75) is 44.3 Å². The van der Waals surface area contributed by atoms with Gasteiger partial charge in [0.05, 0.1) is 42.1 Å². The van der Waals surface area contributed by atoms with Crippen molar-refractivity contribution in [1.29, 1.82) is 10.5 Å². The lowest BCUT2D eigenvalue weighted by atomic mass is 9.96. The SMILES string of the molecule is C=CC(=O)N1CCN(c2c(C#N)c(OC[C@@H]3CCCN3C)nc3c2CCN(c2ccccc2F)C3)CC1CC#N. The van der Waals surface area contributed by atoms with Crippen LogP contribution in [0.25, 0.3) is 0 Å². The zero-order valence-corrected chi connectivity index (χ0v) is 22.9. The van der Waals surface area contributed by atoms with Crippen molar-refractivity contribution >= 4 is 17.3 Å². The summed E-state index contributed by atoms with van der Waals surface area (Å²) in [5.74, 6) is -0.210. The van der Waals surface area contributed by atoms with Gasteiger partial charge in [-0.3, -0.25) is 4.79 Å². The van der Waals surface area contributed by atoms with Crippen LogP contribution in [0.3, 0.4) is 0 Å². The summed E-state index contributed by atoms with van der Waals surface area (Å²) in [5, 5.41) is 19.9. The minimum atomic E-state index is -0.338. The average Bonchev–Trinajstić information content (AvgIpc) is 3.39. The molecule has 0 aliphatic carbocycles. The number of carbonyl (C=O) groups excluding carboxylic acids is 1. The molecule has 1 aromatic carbocycles. The topological polar surface area (TPSA) is 99.7 Å². The van der Waals surface area contributed by atoms with Crippen LogP contribution in [-0.2, 0) is 17.8 Å². The number of nitriles is 2.